The van der Waals surface area contributed by atoms with Gasteiger partial charge in [-0.1, -0.05) is 32.0 Å². The van der Waals surface area contributed by atoms with Gasteiger partial charge in [-0.3, -0.25) is 9.59 Å². The number of hydrogen-bond acceptors (Lipinski definition) is 5. The molecule has 0 atom stereocenters. The Bertz CT molecular complexity index is 1310. The largest absolute Gasteiger partial charge is 0.405 e. The fourth-order valence-corrected chi connectivity index (χ4v) is 3.90. The Morgan fingerprint density at radius 2 is 1.88 bits per heavy atom. The molecule has 1 fully saturated rings. The number of aliphatic imine (C=N–C) groups is 1. The van der Waals surface area contributed by atoms with Crippen molar-refractivity contribution < 1.29 is 4.79 Å². The number of anilines is 1. The van der Waals surface area contributed by atoms with E-state index < -0.39 is 0 Å². The summed E-state index contributed by atoms with van der Waals surface area (Å²) in [6.45, 7) is 6.62. The van der Waals surface area contributed by atoms with Crippen molar-refractivity contribution in [2.24, 2.45) is 16.1 Å². The first-order valence-corrected chi connectivity index (χ1v) is 10.9. The first-order valence-electron chi connectivity index (χ1n) is 10.9. The monoisotopic (exact) mass is 441 g/mol. The number of amides is 1. The fraction of sp³-hybridized carbons (Fsp3) is 0.231. The van der Waals surface area contributed by atoms with Crippen molar-refractivity contribution in [3.05, 3.63) is 94.6 Å². The zero-order valence-electron chi connectivity index (χ0n) is 19.0. The molecule has 7 heteroatoms. The van der Waals surface area contributed by atoms with Crippen LogP contribution in [0.5, 0.6) is 0 Å². The molecule has 0 aliphatic carbocycles. The van der Waals surface area contributed by atoms with E-state index in [1.54, 1.807) is 17.0 Å². The highest BCUT2D eigenvalue weighted by atomic mass is 16.2. The normalized spacial score (nSPS) is 16.0. The topological polar surface area (TPSA) is 93.6 Å². The molecule has 1 aromatic heterocycles. The number of carbonyl (C=O) groups is 1. The van der Waals surface area contributed by atoms with Gasteiger partial charge in [0.1, 0.15) is 0 Å². The molecule has 0 unspecified atom stereocenters. The summed E-state index contributed by atoms with van der Waals surface area (Å²) in [5.74, 6) is 0.133. The van der Waals surface area contributed by atoms with Crippen LogP contribution in [0.25, 0.3) is 5.69 Å². The van der Waals surface area contributed by atoms with Crippen molar-refractivity contribution in [2.45, 2.75) is 27.2 Å². The van der Waals surface area contributed by atoms with Gasteiger partial charge >= 0.3 is 0 Å². The molecule has 1 aliphatic rings. The number of para-hydroxylation sites is 1. The van der Waals surface area contributed by atoms with Gasteiger partial charge in [0.15, 0.2) is 5.69 Å². The number of nitrogens with zero attached hydrogens (tertiary/aromatic N) is 4. The lowest BCUT2D eigenvalue weighted by Gasteiger charge is -2.21. The molecule has 2 aromatic carbocycles. The molecule has 1 saturated heterocycles. The Morgan fingerprint density at radius 1 is 1.12 bits per heavy atom. The maximum Gasteiger partial charge on any atom is 0.232 e. The first-order chi connectivity index (χ1) is 15.8. The Labute approximate surface area is 192 Å². The average molecular weight is 442 g/mol. The van der Waals surface area contributed by atoms with Crippen LogP contribution in [0.3, 0.4) is 0 Å². The summed E-state index contributed by atoms with van der Waals surface area (Å²) in [4.78, 5) is 31.7. The van der Waals surface area contributed by atoms with Crippen molar-refractivity contribution in [2.75, 3.05) is 11.4 Å². The van der Waals surface area contributed by atoms with Crippen LogP contribution in [-0.2, 0) is 4.79 Å². The van der Waals surface area contributed by atoms with Crippen LogP contribution >= 0.6 is 0 Å². The average Bonchev–Trinajstić information content (AvgIpc) is 3.07. The van der Waals surface area contributed by atoms with Gasteiger partial charge in [0.2, 0.25) is 11.3 Å². The molecule has 2 N–H and O–H groups in total. The molecule has 1 amide bonds. The minimum absolute atomic E-state index is 0.133. The zero-order valence-corrected chi connectivity index (χ0v) is 19.0. The Hall–Kier alpha value is -4.00. The van der Waals surface area contributed by atoms with E-state index in [1.165, 1.54) is 12.3 Å². The second kappa shape index (κ2) is 8.86. The molecule has 168 valence electrons. The van der Waals surface area contributed by atoms with Gasteiger partial charge in [-0.25, -0.2) is 9.67 Å². The van der Waals surface area contributed by atoms with E-state index in [9.17, 15) is 9.59 Å². The quantitative estimate of drug-likeness (QED) is 0.608. The number of aromatic nitrogens is 2. The lowest BCUT2D eigenvalue weighted by Crippen LogP contribution is -2.30. The van der Waals surface area contributed by atoms with Gasteiger partial charge in [0.25, 0.3) is 0 Å². The van der Waals surface area contributed by atoms with Crippen molar-refractivity contribution in [3.63, 3.8) is 0 Å². The second-order valence-corrected chi connectivity index (χ2v) is 8.73. The molecule has 7 nitrogen and oxygen atoms in total. The van der Waals surface area contributed by atoms with Gasteiger partial charge in [0, 0.05) is 29.9 Å². The van der Waals surface area contributed by atoms with E-state index in [2.05, 4.69) is 10.1 Å². The smallest absolute Gasteiger partial charge is 0.232 e. The molecular weight excluding hydrogens is 414 g/mol. The maximum atomic E-state index is 12.7. The Balaban J connectivity index is 1.73. The van der Waals surface area contributed by atoms with Gasteiger partial charge in [-0.05, 0) is 61.5 Å². The molecule has 3 aromatic rings. The number of nitrogens with two attached hydrogens (primary N) is 1. The van der Waals surface area contributed by atoms with Crippen LogP contribution in [0.4, 0.5) is 11.4 Å². The van der Waals surface area contributed by atoms with Crippen LogP contribution in [0.2, 0.25) is 0 Å². The van der Waals surface area contributed by atoms with Crippen molar-refractivity contribution in [1.82, 2.24) is 9.78 Å². The third kappa shape index (κ3) is 4.48. The summed E-state index contributed by atoms with van der Waals surface area (Å²) >= 11 is 0. The molecule has 1 aliphatic heterocycles. The number of carbonyl (C=O) groups excluding carboxylic acids is 1. The standard InChI is InChI=1S/C26H27N5O2/c1-18-17-20(30-16-13-26(2,3)25(30)33)9-10-22(18)31-15-12-23(32)24(29-31)21(11-14-27)28-19-7-5-4-6-8-19/h4-12,14-15,17H,13,16,27H2,1-3H3. The summed E-state index contributed by atoms with van der Waals surface area (Å²) in [6, 6.07) is 16.6. The summed E-state index contributed by atoms with van der Waals surface area (Å²) in [5.41, 5.74) is 8.90. The van der Waals surface area contributed by atoms with Crippen LogP contribution in [0, 0.1) is 12.3 Å². The molecule has 4 rings (SSSR count). The molecule has 2 heterocycles. The fourth-order valence-electron chi connectivity index (χ4n) is 3.90. The van der Waals surface area contributed by atoms with Gasteiger partial charge in [0.05, 0.1) is 17.1 Å². The number of benzene rings is 2. The van der Waals surface area contributed by atoms with Crippen LogP contribution in [-0.4, -0.2) is 27.9 Å². The van der Waals surface area contributed by atoms with Gasteiger partial charge in [-0.2, -0.15) is 5.10 Å². The number of hydrogen-bond donors (Lipinski definition) is 1. The lowest BCUT2D eigenvalue weighted by molar-refractivity contribution is -0.123. The van der Waals surface area contributed by atoms with E-state index in [-0.39, 0.29) is 22.4 Å². The Kier molecular flexibility index (Phi) is 5.96. The molecule has 0 spiro atoms. The van der Waals surface area contributed by atoms with Crippen molar-refractivity contribution in [3.8, 4) is 5.69 Å². The Morgan fingerprint density at radius 3 is 2.52 bits per heavy atom. The highest BCUT2D eigenvalue weighted by molar-refractivity contribution is 6.08. The SMILES string of the molecule is Cc1cc(N2CCC(C)(C)C2=O)ccc1-n1ccc(=O)c(C(C=CN)=Nc2ccccc2)n1. The molecular formula is C26H27N5O2. The summed E-state index contributed by atoms with van der Waals surface area (Å²) in [6.07, 6.45) is 5.37. The third-order valence-electron chi connectivity index (χ3n) is 5.83. The van der Waals surface area contributed by atoms with Gasteiger partial charge < -0.3 is 10.6 Å². The van der Waals surface area contributed by atoms with Crippen LogP contribution in [0.1, 0.15) is 31.5 Å². The predicted molar refractivity (Wildman–Crippen MR) is 131 cm³/mol. The molecule has 0 bridgehead atoms. The van der Waals surface area contributed by atoms with E-state index in [1.807, 2.05) is 74.2 Å². The molecule has 0 saturated carbocycles. The summed E-state index contributed by atoms with van der Waals surface area (Å²) in [5, 5.41) is 4.57. The minimum Gasteiger partial charge on any atom is -0.405 e. The van der Waals surface area contributed by atoms with E-state index in [4.69, 9.17) is 5.73 Å². The number of aryl methyl sites for hydroxylation is 1. The summed E-state index contributed by atoms with van der Waals surface area (Å²) in [7, 11) is 0. The van der Waals surface area contributed by atoms with E-state index in [0.717, 1.165) is 23.4 Å². The van der Waals surface area contributed by atoms with E-state index >= 15 is 0 Å². The zero-order chi connectivity index (χ0) is 23.6. The number of allylic oxidation sites excluding steroid dienone is 1. The highest BCUT2D eigenvalue weighted by Gasteiger charge is 2.39. The van der Waals surface area contributed by atoms with Crippen LogP contribution in [0.15, 0.2) is 82.9 Å². The van der Waals surface area contributed by atoms with Crippen LogP contribution < -0.4 is 16.1 Å². The molecule has 33 heavy (non-hydrogen) atoms. The van der Waals surface area contributed by atoms with E-state index in [0.29, 0.717) is 17.9 Å². The lowest BCUT2D eigenvalue weighted by atomic mass is 9.92. The van der Waals surface area contributed by atoms with Gasteiger partial charge in [-0.15, -0.1) is 0 Å². The minimum atomic E-state index is -0.341. The third-order valence-corrected chi connectivity index (χ3v) is 5.83. The highest BCUT2D eigenvalue weighted by Crippen LogP contribution is 2.34. The predicted octanol–water partition coefficient (Wildman–Crippen LogP) is 3.90. The second-order valence-electron chi connectivity index (χ2n) is 8.73. The maximum absolute atomic E-state index is 12.7. The van der Waals surface area contributed by atoms with Crippen molar-refractivity contribution in [1.29, 1.82) is 0 Å². The first kappa shape index (κ1) is 22.2. The number of rotatable bonds is 5. The molecule has 0 radical (unpaired) electrons. The van der Waals surface area contributed by atoms with Crippen molar-refractivity contribution >= 4 is 23.0 Å². The summed E-state index contributed by atoms with van der Waals surface area (Å²) < 4.78 is 1.65.